The van der Waals surface area contributed by atoms with Crippen LogP contribution in [0.4, 0.5) is 5.69 Å². The number of hydrogen-bond donors (Lipinski definition) is 1. The van der Waals surface area contributed by atoms with Crippen molar-refractivity contribution in [2.24, 2.45) is 5.92 Å². The summed E-state index contributed by atoms with van der Waals surface area (Å²) in [7, 11) is 3.29. The molecule has 0 saturated heterocycles. The van der Waals surface area contributed by atoms with Crippen LogP contribution in [0, 0.1) is 5.92 Å². The van der Waals surface area contributed by atoms with Crippen LogP contribution in [-0.4, -0.2) is 78.7 Å². The van der Waals surface area contributed by atoms with E-state index in [1.54, 1.807) is 37.3 Å². The van der Waals surface area contributed by atoms with E-state index in [2.05, 4.69) is 10.5 Å². The normalized spacial score (nSPS) is 21.7. The summed E-state index contributed by atoms with van der Waals surface area (Å²) < 4.78 is 16.6. The molecule has 1 aromatic heterocycles. The van der Waals surface area contributed by atoms with E-state index < -0.39 is 5.91 Å². The lowest BCUT2D eigenvalue weighted by Gasteiger charge is -2.36. The zero-order valence-corrected chi connectivity index (χ0v) is 20.2. The van der Waals surface area contributed by atoms with E-state index >= 15 is 0 Å². The quantitative estimate of drug-likeness (QED) is 0.728. The van der Waals surface area contributed by atoms with Crippen molar-refractivity contribution >= 4 is 23.4 Å². The first kappa shape index (κ1) is 25.2. The molecule has 1 aliphatic heterocycles. The van der Waals surface area contributed by atoms with Crippen molar-refractivity contribution in [3.63, 3.8) is 0 Å². The minimum absolute atomic E-state index is 0.00961. The maximum Gasteiger partial charge on any atom is 0.294 e. The van der Waals surface area contributed by atoms with E-state index in [-0.39, 0.29) is 42.2 Å². The van der Waals surface area contributed by atoms with Crippen molar-refractivity contribution < 1.29 is 28.4 Å². The van der Waals surface area contributed by atoms with Crippen molar-refractivity contribution in [3.8, 4) is 5.75 Å². The number of nitrogens with zero attached hydrogens (tertiary/aromatic N) is 3. The SMILES string of the molecule is CCC(=O)N1C[C@@H](C)[C@H](OC)CN(C)C(=O)c2cc(NC(=O)c3ccno3)ccc2OC[C@@H]1C. The lowest BCUT2D eigenvalue weighted by molar-refractivity contribution is -0.135. The Bertz CT molecular complexity index is 1010. The van der Waals surface area contributed by atoms with Gasteiger partial charge < -0.3 is 29.1 Å². The Kier molecular flexibility index (Phi) is 8.27. The van der Waals surface area contributed by atoms with E-state index in [0.29, 0.717) is 36.5 Å². The zero-order chi connectivity index (χ0) is 24.8. The number of fused-ring (bicyclic) bond motifs is 1. The van der Waals surface area contributed by atoms with Crippen LogP contribution in [0.25, 0.3) is 0 Å². The number of nitrogens with one attached hydrogen (secondary N) is 1. The van der Waals surface area contributed by atoms with Gasteiger partial charge in [0.15, 0.2) is 0 Å². The molecule has 0 bridgehead atoms. The third kappa shape index (κ3) is 5.74. The molecule has 0 unspecified atom stereocenters. The second-order valence-corrected chi connectivity index (χ2v) is 8.54. The van der Waals surface area contributed by atoms with Gasteiger partial charge in [-0.15, -0.1) is 0 Å². The number of amides is 3. The standard InChI is InChI=1S/C24H32N4O6/c1-6-22(29)28-12-15(2)21(32-5)13-27(4)24(31)18-11-17(7-8-19(18)33-14-16(28)3)26-23(30)20-9-10-25-34-20/h7-11,15-16,21H,6,12-14H2,1-5H3,(H,26,30)/t15-,16+,21-/m1/s1. The maximum atomic E-state index is 13.4. The van der Waals surface area contributed by atoms with Gasteiger partial charge in [0.2, 0.25) is 11.7 Å². The van der Waals surface area contributed by atoms with E-state index in [1.165, 1.54) is 12.3 Å². The molecule has 0 aliphatic carbocycles. The van der Waals surface area contributed by atoms with E-state index in [0.717, 1.165) is 0 Å². The minimum atomic E-state index is -0.483. The Morgan fingerprint density at radius 1 is 1.24 bits per heavy atom. The molecule has 10 heteroatoms. The number of anilines is 1. The summed E-state index contributed by atoms with van der Waals surface area (Å²) in [4.78, 5) is 41.8. The third-order valence-electron chi connectivity index (χ3n) is 5.99. The summed E-state index contributed by atoms with van der Waals surface area (Å²) in [5, 5.41) is 6.24. The highest BCUT2D eigenvalue weighted by molar-refractivity contribution is 6.04. The number of rotatable bonds is 4. The van der Waals surface area contributed by atoms with Gasteiger partial charge in [-0.25, -0.2) is 0 Å². The molecule has 1 aromatic carbocycles. The molecule has 10 nitrogen and oxygen atoms in total. The fourth-order valence-electron chi connectivity index (χ4n) is 3.93. The molecule has 0 spiro atoms. The highest BCUT2D eigenvalue weighted by Crippen LogP contribution is 2.27. The van der Waals surface area contributed by atoms with Crippen molar-refractivity contribution in [2.75, 3.05) is 39.2 Å². The van der Waals surface area contributed by atoms with Gasteiger partial charge in [0, 0.05) is 51.3 Å². The van der Waals surface area contributed by atoms with Gasteiger partial charge in [0.1, 0.15) is 12.4 Å². The summed E-state index contributed by atoms with van der Waals surface area (Å²) in [5.41, 5.74) is 0.701. The summed E-state index contributed by atoms with van der Waals surface area (Å²) in [6, 6.07) is 6.09. The highest BCUT2D eigenvalue weighted by atomic mass is 16.5. The van der Waals surface area contributed by atoms with E-state index in [9.17, 15) is 14.4 Å². The Balaban J connectivity index is 1.94. The molecule has 1 aliphatic rings. The monoisotopic (exact) mass is 472 g/mol. The van der Waals surface area contributed by atoms with E-state index in [1.807, 2.05) is 25.7 Å². The average Bonchev–Trinajstić information content (AvgIpc) is 3.38. The number of carbonyl (C=O) groups is 3. The lowest BCUT2D eigenvalue weighted by Crippen LogP contribution is -2.48. The maximum absolute atomic E-state index is 13.4. The van der Waals surface area contributed by atoms with E-state index in [4.69, 9.17) is 14.0 Å². The molecular weight excluding hydrogens is 440 g/mol. The zero-order valence-electron chi connectivity index (χ0n) is 20.2. The smallest absolute Gasteiger partial charge is 0.294 e. The number of likely N-dealkylation sites (N-methyl/N-ethyl adjacent to an activating group) is 1. The van der Waals surface area contributed by atoms with Gasteiger partial charge in [-0.1, -0.05) is 19.0 Å². The Labute approximate surface area is 199 Å². The summed E-state index contributed by atoms with van der Waals surface area (Å²) in [6.45, 7) is 6.80. The van der Waals surface area contributed by atoms with Crippen LogP contribution in [0.3, 0.4) is 0 Å². The second-order valence-electron chi connectivity index (χ2n) is 8.54. The fourth-order valence-corrected chi connectivity index (χ4v) is 3.93. The number of hydrogen-bond acceptors (Lipinski definition) is 7. The first-order chi connectivity index (χ1) is 16.2. The van der Waals surface area contributed by atoms with Crippen LogP contribution in [0.1, 0.15) is 48.1 Å². The van der Waals surface area contributed by atoms with Gasteiger partial charge in [-0.3, -0.25) is 14.4 Å². The van der Waals surface area contributed by atoms with Gasteiger partial charge in [-0.05, 0) is 25.1 Å². The summed E-state index contributed by atoms with van der Waals surface area (Å²) >= 11 is 0. The van der Waals surface area contributed by atoms with Crippen molar-refractivity contribution in [1.29, 1.82) is 0 Å². The highest BCUT2D eigenvalue weighted by Gasteiger charge is 2.30. The summed E-state index contributed by atoms with van der Waals surface area (Å²) in [5.74, 6) is -0.306. The predicted molar refractivity (Wildman–Crippen MR) is 125 cm³/mol. The molecule has 3 rings (SSSR count). The number of methoxy groups -OCH3 is 1. The molecule has 2 aromatic rings. The second kappa shape index (κ2) is 11.1. The van der Waals surface area contributed by atoms with Crippen LogP contribution in [-0.2, 0) is 9.53 Å². The Morgan fingerprint density at radius 3 is 2.65 bits per heavy atom. The van der Waals surface area contributed by atoms with Crippen LogP contribution < -0.4 is 10.1 Å². The molecule has 1 N–H and O–H groups in total. The Morgan fingerprint density at radius 2 is 2.00 bits per heavy atom. The molecule has 3 atom stereocenters. The number of carbonyl (C=O) groups excluding carboxylic acids is 3. The van der Waals surface area contributed by atoms with Crippen molar-refractivity contribution in [2.45, 2.75) is 39.3 Å². The van der Waals surface area contributed by atoms with Crippen molar-refractivity contribution in [1.82, 2.24) is 15.0 Å². The first-order valence-corrected chi connectivity index (χ1v) is 11.3. The van der Waals surface area contributed by atoms with Crippen molar-refractivity contribution in [3.05, 3.63) is 41.8 Å². The molecule has 0 saturated carbocycles. The van der Waals surface area contributed by atoms with Gasteiger partial charge in [0.25, 0.3) is 11.8 Å². The molecule has 0 fully saturated rings. The molecular formula is C24H32N4O6. The Hall–Kier alpha value is -3.40. The molecule has 184 valence electrons. The molecule has 2 heterocycles. The van der Waals surface area contributed by atoms with Gasteiger partial charge >= 0.3 is 0 Å². The molecule has 34 heavy (non-hydrogen) atoms. The van der Waals surface area contributed by atoms with Crippen LogP contribution >= 0.6 is 0 Å². The van der Waals surface area contributed by atoms with Crippen LogP contribution in [0.2, 0.25) is 0 Å². The minimum Gasteiger partial charge on any atom is -0.491 e. The first-order valence-electron chi connectivity index (χ1n) is 11.3. The number of ether oxygens (including phenoxy) is 2. The predicted octanol–water partition coefficient (Wildman–Crippen LogP) is 2.67. The van der Waals surface area contributed by atoms with Crippen LogP contribution in [0.15, 0.2) is 35.0 Å². The van der Waals surface area contributed by atoms with Gasteiger partial charge in [0.05, 0.1) is 23.9 Å². The third-order valence-corrected chi connectivity index (χ3v) is 5.99. The molecule has 0 radical (unpaired) electrons. The molecule has 3 amide bonds. The summed E-state index contributed by atoms with van der Waals surface area (Å²) in [6.07, 6.45) is 1.49. The topological polar surface area (TPSA) is 114 Å². The largest absolute Gasteiger partial charge is 0.491 e. The lowest BCUT2D eigenvalue weighted by atomic mass is 10.0. The number of benzene rings is 1. The van der Waals surface area contributed by atoms with Gasteiger partial charge in [-0.2, -0.15) is 0 Å². The number of aromatic nitrogens is 1. The average molecular weight is 473 g/mol. The van der Waals surface area contributed by atoms with Crippen LogP contribution in [0.5, 0.6) is 5.75 Å². The fraction of sp³-hybridized carbons (Fsp3) is 0.500.